The van der Waals surface area contributed by atoms with E-state index in [9.17, 15) is 24.0 Å². The van der Waals surface area contributed by atoms with Gasteiger partial charge in [0.05, 0.1) is 40.3 Å². The van der Waals surface area contributed by atoms with Gasteiger partial charge in [0.1, 0.15) is 18.1 Å². The first-order chi connectivity index (χ1) is 31.5. The van der Waals surface area contributed by atoms with Crippen LogP contribution >= 0.6 is 11.3 Å². The fourth-order valence-electron chi connectivity index (χ4n) is 10.2. The number of urea groups is 1. The first-order valence-electron chi connectivity index (χ1n) is 23.1. The number of esters is 1. The summed E-state index contributed by atoms with van der Waals surface area (Å²) in [6.07, 6.45) is 5.23. The van der Waals surface area contributed by atoms with Crippen LogP contribution in [0.15, 0.2) is 54.6 Å². The Morgan fingerprint density at radius 3 is 2.61 bits per heavy atom. The molecule has 4 aromatic rings. The van der Waals surface area contributed by atoms with Crippen LogP contribution in [0.1, 0.15) is 83.2 Å². The molecule has 2 N–H and O–H groups in total. The first kappa shape index (κ1) is 46.9. The Hall–Kier alpha value is -5.65. The number of nitrogens with zero attached hydrogens (tertiary/aromatic N) is 7. The fraction of sp³-hybridized carbons (Fsp3) is 0.531. The smallest absolute Gasteiger partial charge is 0.324 e. The number of likely N-dealkylation sites (tertiary alicyclic amines) is 2. The Morgan fingerprint density at radius 1 is 1.15 bits per heavy atom. The number of fused-ring (bicyclic) bond motifs is 6. The van der Waals surface area contributed by atoms with Crippen LogP contribution in [-0.4, -0.2) is 135 Å². The molecule has 0 saturated carbocycles. The van der Waals surface area contributed by atoms with E-state index < -0.39 is 46.9 Å². The normalized spacial score (nSPS) is 21.4. The van der Waals surface area contributed by atoms with Crippen LogP contribution in [0.3, 0.4) is 0 Å². The van der Waals surface area contributed by atoms with Crippen molar-refractivity contribution in [2.75, 3.05) is 46.9 Å². The van der Waals surface area contributed by atoms with Gasteiger partial charge in [-0.05, 0) is 81.4 Å². The highest BCUT2D eigenvalue weighted by atomic mass is 32.1. The average molecular weight is 922 g/mol. The lowest BCUT2D eigenvalue weighted by Gasteiger charge is -2.62. The third kappa shape index (κ3) is 8.72. The summed E-state index contributed by atoms with van der Waals surface area (Å²) in [5, 5.41) is 8.12. The van der Waals surface area contributed by atoms with Gasteiger partial charge < -0.3 is 34.1 Å². The summed E-state index contributed by atoms with van der Waals surface area (Å²) in [6, 6.07) is 7.31. The van der Waals surface area contributed by atoms with E-state index in [1.54, 1.807) is 30.2 Å². The summed E-state index contributed by atoms with van der Waals surface area (Å²) in [6.45, 7) is 18.1. The van der Waals surface area contributed by atoms with Gasteiger partial charge in [-0.1, -0.05) is 40.3 Å². The SMILES string of the molecule is C=CC(=O)N1CC2(CCN2C(=O)N(C)[C@H](C(=O)N[C@H]2Cc3nc(cs3)-c3ccc4c(c3)c(c(-c3cccnc3[C@H](C)OC)n4CC)CC(C)(C)COC(=O)[C@@H]3CCCN(N3)C2=O)C(C)C)C1. The molecule has 0 aliphatic carbocycles. The maximum atomic E-state index is 14.7. The standard InChI is InChI=1S/C49H63N9O7S/c1-10-40(59)55-26-49(27-55)18-21-57(49)47(63)54(8)42(29(3)4)44(60)52-36-23-39-51-37(25-66-39)31-16-17-38-33(22-31)34(43(56(38)11-2)32-14-12-19-50-41(32)30(5)64-9)24-48(6,7)28-65-46(62)35-15-13-20-58(53-35)45(36)61/h10,12,14,16-17,19,22,25,29-30,35-36,42,53H,1,11,13,15,18,20-21,23-24,26-28H2,2-9H3,(H,52,60)/t30-,35-,36-,42-/m0/s1. The number of hydrogen-bond donors (Lipinski definition) is 2. The predicted octanol–water partition coefficient (Wildman–Crippen LogP) is 5.75. The summed E-state index contributed by atoms with van der Waals surface area (Å²) in [4.78, 5) is 84.2. The zero-order chi connectivity index (χ0) is 47.2. The van der Waals surface area contributed by atoms with E-state index in [0.717, 1.165) is 51.1 Å². The number of carbonyl (C=O) groups is 5. The van der Waals surface area contributed by atoms with E-state index in [1.165, 1.54) is 27.3 Å². The first-order valence-corrected chi connectivity index (χ1v) is 24.0. The maximum Gasteiger partial charge on any atom is 0.324 e. The largest absolute Gasteiger partial charge is 0.464 e. The van der Waals surface area contributed by atoms with Crippen molar-refractivity contribution in [2.45, 2.75) is 110 Å². The number of hydrazine groups is 1. The molecule has 3 aromatic heterocycles. The van der Waals surface area contributed by atoms with Gasteiger partial charge in [-0.15, -0.1) is 11.3 Å². The summed E-state index contributed by atoms with van der Waals surface area (Å²) in [7, 11) is 3.30. The molecule has 16 nitrogen and oxygen atoms in total. The summed E-state index contributed by atoms with van der Waals surface area (Å²) < 4.78 is 14.2. The Labute approximate surface area is 390 Å². The van der Waals surface area contributed by atoms with E-state index >= 15 is 0 Å². The third-order valence-electron chi connectivity index (χ3n) is 13.8. The number of aromatic nitrogens is 3. The van der Waals surface area contributed by atoms with Crippen LogP contribution in [-0.2, 0) is 48.0 Å². The number of nitrogens with one attached hydrogen (secondary N) is 2. The number of likely N-dealkylation sites (N-methyl/N-ethyl adjacent to an activating group) is 1. The molecule has 8 rings (SSSR count). The molecule has 7 heterocycles. The Balaban J connectivity index is 1.14. The quantitative estimate of drug-likeness (QED) is 0.156. The molecule has 0 unspecified atom stereocenters. The van der Waals surface area contributed by atoms with Gasteiger partial charge in [0.25, 0.3) is 5.91 Å². The molecular weight excluding hydrogens is 859 g/mol. The molecule has 1 spiro atoms. The average Bonchev–Trinajstić information content (AvgIpc) is 3.87. The Bertz CT molecular complexity index is 2540. The van der Waals surface area contributed by atoms with Gasteiger partial charge in [-0.2, -0.15) is 0 Å². The third-order valence-corrected chi connectivity index (χ3v) is 14.7. The molecule has 66 heavy (non-hydrogen) atoms. The van der Waals surface area contributed by atoms with Crippen LogP contribution in [0.2, 0.25) is 0 Å². The lowest BCUT2D eigenvalue weighted by molar-refractivity contribution is -0.155. The maximum absolute atomic E-state index is 14.7. The molecule has 1 aromatic carbocycles. The highest BCUT2D eigenvalue weighted by Crippen LogP contribution is 2.43. The molecule has 3 saturated heterocycles. The van der Waals surface area contributed by atoms with Crippen molar-refractivity contribution >= 4 is 52.0 Å². The Kier molecular flexibility index (Phi) is 13.2. The van der Waals surface area contributed by atoms with Crippen LogP contribution in [0.5, 0.6) is 0 Å². The lowest BCUT2D eigenvalue weighted by Crippen LogP contribution is -2.79. The fourth-order valence-corrected chi connectivity index (χ4v) is 11.0. The molecule has 4 atom stereocenters. The van der Waals surface area contributed by atoms with Gasteiger partial charge in [-0.3, -0.25) is 29.2 Å². The van der Waals surface area contributed by atoms with Crippen molar-refractivity contribution in [3.63, 3.8) is 0 Å². The molecule has 4 aliphatic rings. The minimum absolute atomic E-state index is 0.0763. The number of pyridine rings is 1. The van der Waals surface area contributed by atoms with Gasteiger partial charge >= 0.3 is 12.0 Å². The van der Waals surface area contributed by atoms with E-state index in [-0.39, 0.29) is 37.0 Å². The summed E-state index contributed by atoms with van der Waals surface area (Å²) in [5.74, 6) is -1.85. The van der Waals surface area contributed by atoms with E-state index in [2.05, 4.69) is 66.9 Å². The number of aryl methyl sites for hydroxylation is 1. The van der Waals surface area contributed by atoms with Gasteiger partial charge in [-0.25, -0.2) is 15.2 Å². The van der Waals surface area contributed by atoms with Crippen LogP contribution < -0.4 is 10.7 Å². The summed E-state index contributed by atoms with van der Waals surface area (Å²) in [5.41, 5.74) is 8.80. The molecule has 352 valence electrons. The van der Waals surface area contributed by atoms with Crippen molar-refractivity contribution in [3.05, 3.63) is 70.8 Å². The van der Waals surface area contributed by atoms with Crippen molar-refractivity contribution in [3.8, 4) is 22.5 Å². The number of thiazole rings is 1. The van der Waals surface area contributed by atoms with Crippen LogP contribution in [0.4, 0.5) is 4.79 Å². The molecule has 4 aliphatic heterocycles. The number of carbonyl (C=O) groups excluding carboxylic acids is 5. The van der Waals surface area contributed by atoms with E-state index in [0.29, 0.717) is 57.0 Å². The second-order valence-corrected chi connectivity index (χ2v) is 20.3. The number of hydrogen-bond acceptors (Lipinski definition) is 11. The monoisotopic (exact) mass is 921 g/mol. The summed E-state index contributed by atoms with van der Waals surface area (Å²) >= 11 is 1.41. The minimum Gasteiger partial charge on any atom is -0.464 e. The molecule has 17 heteroatoms. The zero-order valence-corrected chi connectivity index (χ0v) is 40.2. The van der Waals surface area contributed by atoms with Crippen molar-refractivity contribution in [1.82, 2.24) is 45.0 Å². The van der Waals surface area contributed by atoms with Crippen molar-refractivity contribution in [2.24, 2.45) is 11.3 Å². The van der Waals surface area contributed by atoms with E-state index in [1.807, 2.05) is 32.2 Å². The van der Waals surface area contributed by atoms with Gasteiger partial charge in [0.2, 0.25) is 11.8 Å². The topological polar surface area (TPSA) is 172 Å². The van der Waals surface area contributed by atoms with Gasteiger partial charge in [0, 0.05) is 92.3 Å². The Morgan fingerprint density at radius 2 is 1.92 bits per heavy atom. The molecular formula is C49H63N9O7S. The second-order valence-electron chi connectivity index (χ2n) is 19.4. The predicted molar refractivity (Wildman–Crippen MR) is 252 cm³/mol. The van der Waals surface area contributed by atoms with Crippen molar-refractivity contribution in [1.29, 1.82) is 0 Å². The number of cyclic esters (lactones) is 1. The van der Waals surface area contributed by atoms with Crippen LogP contribution in [0, 0.1) is 11.3 Å². The number of benzene rings is 1. The van der Waals surface area contributed by atoms with Crippen LogP contribution in [0.25, 0.3) is 33.4 Å². The van der Waals surface area contributed by atoms with E-state index in [4.69, 9.17) is 19.4 Å². The second kappa shape index (κ2) is 18.6. The molecule has 3 fully saturated rings. The number of methoxy groups -OCH3 is 1. The molecule has 5 amide bonds. The van der Waals surface area contributed by atoms with Gasteiger partial charge in [0.15, 0.2) is 0 Å². The minimum atomic E-state index is -1.08. The van der Waals surface area contributed by atoms with Crippen molar-refractivity contribution < 1.29 is 33.4 Å². The number of rotatable bonds is 9. The lowest BCUT2D eigenvalue weighted by atomic mass is 9.77. The molecule has 0 radical (unpaired) electrons. The number of ether oxygens (including phenoxy) is 2. The highest BCUT2D eigenvalue weighted by molar-refractivity contribution is 7.10. The number of amides is 5. The highest BCUT2D eigenvalue weighted by Gasteiger charge is 2.57. The molecule has 6 bridgehead atoms. The zero-order valence-electron chi connectivity index (χ0n) is 39.4.